The molecule has 2 nitrogen and oxygen atoms in total. The second-order valence-corrected chi connectivity index (χ2v) is 4.71. The molecule has 0 heterocycles. The van der Waals surface area contributed by atoms with Gasteiger partial charge in [-0.2, -0.15) is 0 Å². The Balaban J connectivity index is 2.06. The summed E-state index contributed by atoms with van der Waals surface area (Å²) in [5, 5.41) is 9.71. The van der Waals surface area contributed by atoms with Gasteiger partial charge in [0, 0.05) is 18.8 Å². The molecule has 2 rings (SSSR count). The Hall–Kier alpha value is -1.02. The molecule has 1 aliphatic rings. The summed E-state index contributed by atoms with van der Waals surface area (Å²) in [5.74, 6) is 0. The van der Waals surface area contributed by atoms with E-state index in [-0.39, 0.29) is 6.10 Å². The Labute approximate surface area is 97.9 Å². The van der Waals surface area contributed by atoms with Gasteiger partial charge < -0.3 is 10.0 Å². The molecule has 0 bridgehead atoms. The van der Waals surface area contributed by atoms with Crippen LogP contribution in [0, 0.1) is 0 Å². The predicted octanol–water partition coefficient (Wildman–Crippen LogP) is 3.12. The van der Waals surface area contributed by atoms with Crippen molar-refractivity contribution in [3.8, 4) is 0 Å². The fourth-order valence-electron chi connectivity index (χ4n) is 2.15. The van der Waals surface area contributed by atoms with Gasteiger partial charge in [0.15, 0.2) is 0 Å². The van der Waals surface area contributed by atoms with Crippen LogP contribution in [0.4, 0.5) is 5.69 Å². The maximum atomic E-state index is 9.71. The normalized spacial score (nSPS) is 17.9. The van der Waals surface area contributed by atoms with Crippen molar-refractivity contribution >= 4 is 5.69 Å². The van der Waals surface area contributed by atoms with Gasteiger partial charge in [0.05, 0.1) is 6.10 Å². The highest BCUT2D eigenvalue weighted by Gasteiger charge is 2.22. The first-order valence-corrected chi connectivity index (χ1v) is 6.23. The third kappa shape index (κ3) is 2.22. The van der Waals surface area contributed by atoms with E-state index in [4.69, 9.17) is 0 Å². The van der Waals surface area contributed by atoms with Crippen molar-refractivity contribution in [2.45, 2.75) is 44.8 Å². The molecule has 1 atom stereocenters. The smallest absolute Gasteiger partial charge is 0.0787 e. The highest BCUT2D eigenvalue weighted by atomic mass is 16.3. The standard InChI is InChI=1S/C14H21NO/c1-3-14(16)11-7-9-13(10-8-11)15(2)12-5-4-6-12/h7-10,12,14,16H,3-6H2,1-2H3/t14-/m1/s1. The number of aliphatic hydroxyl groups excluding tert-OH is 1. The van der Waals surface area contributed by atoms with E-state index < -0.39 is 0 Å². The number of hydrogen-bond acceptors (Lipinski definition) is 2. The molecule has 1 saturated carbocycles. The molecule has 1 aliphatic carbocycles. The Morgan fingerprint density at radius 2 is 1.94 bits per heavy atom. The van der Waals surface area contributed by atoms with Crippen molar-refractivity contribution < 1.29 is 5.11 Å². The molecular weight excluding hydrogens is 198 g/mol. The summed E-state index contributed by atoms with van der Waals surface area (Å²) >= 11 is 0. The zero-order chi connectivity index (χ0) is 11.5. The second-order valence-electron chi connectivity index (χ2n) is 4.71. The number of rotatable bonds is 4. The minimum atomic E-state index is -0.317. The molecule has 0 aromatic heterocycles. The first-order chi connectivity index (χ1) is 7.72. The molecule has 0 radical (unpaired) electrons. The lowest BCUT2D eigenvalue weighted by molar-refractivity contribution is 0.173. The molecule has 0 amide bonds. The van der Waals surface area contributed by atoms with E-state index in [0.717, 1.165) is 18.0 Å². The molecule has 16 heavy (non-hydrogen) atoms. The lowest BCUT2D eigenvalue weighted by atomic mass is 9.91. The lowest BCUT2D eigenvalue weighted by Gasteiger charge is -2.36. The number of anilines is 1. The molecular formula is C14H21NO. The van der Waals surface area contributed by atoms with Gasteiger partial charge in [-0.05, 0) is 43.4 Å². The minimum absolute atomic E-state index is 0.317. The Morgan fingerprint density at radius 1 is 1.31 bits per heavy atom. The van der Waals surface area contributed by atoms with E-state index in [1.807, 2.05) is 19.1 Å². The predicted molar refractivity (Wildman–Crippen MR) is 67.7 cm³/mol. The van der Waals surface area contributed by atoms with Gasteiger partial charge in [0.25, 0.3) is 0 Å². The Kier molecular flexibility index (Phi) is 3.49. The molecule has 0 aliphatic heterocycles. The average molecular weight is 219 g/mol. The highest BCUT2D eigenvalue weighted by molar-refractivity contribution is 5.48. The van der Waals surface area contributed by atoms with Crippen LogP contribution < -0.4 is 4.90 Å². The van der Waals surface area contributed by atoms with E-state index in [1.165, 1.54) is 24.9 Å². The monoisotopic (exact) mass is 219 g/mol. The lowest BCUT2D eigenvalue weighted by Crippen LogP contribution is -2.37. The molecule has 1 aromatic rings. The van der Waals surface area contributed by atoms with E-state index >= 15 is 0 Å². The van der Waals surface area contributed by atoms with Crippen molar-refractivity contribution in [3.63, 3.8) is 0 Å². The summed E-state index contributed by atoms with van der Waals surface area (Å²) in [4.78, 5) is 2.35. The first kappa shape index (κ1) is 11.5. The summed E-state index contributed by atoms with van der Waals surface area (Å²) in [6.07, 6.45) is 4.45. The van der Waals surface area contributed by atoms with Crippen LogP contribution in [0.15, 0.2) is 24.3 Å². The fourth-order valence-corrected chi connectivity index (χ4v) is 2.15. The topological polar surface area (TPSA) is 23.5 Å². The quantitative estimate of drug-likeness (QED) is 0.841. The summed E-state index contributed by atoms with van der Waals surface area (Å²) < 4.78 is 0. The average Bonchev–Trinajstić information content (AvgIpc) is 2.26. The third-order valence-electron chi connectivity index (χ3n) is 3.69. The maximum absolute atomic E-state index is 9.71. The molecule has 2 heteroatoms. The van der Waals surface area contributed by atoms with Gasteiger partial charge in [0.1, 0.15) is 0 Å². The number of nitrogens with zero attached hydrogens (tertiary/aromatic N) is 1. The molecule has 88 valence electrons. The van der Waals surface area contributed by atoms with Crippen molar-refractivity contribution in [2.24, 2.45) is 0 Å². The van der Waals surface area contributed by atoms with Crippen molar-refractivity contribution in [1.82, 2.24) is 0 Å². The van der Waals surface area contributed by atoms with Gasteiger partial charge in [-0.3, -0.25) is 0 Å². The summed E-state index contributed by atoms with van der Waals surface area (Å²) in [5.41, 5.74) is 2.28. The summed E-state index contributed by atoms with van der Waals surface area (Å²) in [6.45, 7) is 2.00. The fraction of sp³-hybridized carbons (Fsp3) is 0.571. The summed E-state index contributed by atoms with van der Waals surface area (Å²) in [7, 11) is 2.16. The number of benzene rings is 1. The van der Waals surface area contributed by atoms with Gasteiger partial charge in [-0.25, -0.2) is 0 Å². The Morgan fingerprint density at radius 3 is 2.38 bits per heavy atom. The van der Waals surface area contributed by atoms with Gasteiger partial charge >= 0.3 is 0 Å². The maximum Gasteiger partial charge on any atom is 0.0787 e. The molecule has 1 fully saturated rings. The van der Waals surface area contributed by atoms with Crippen molar-refractivity contribution in [1.29, 1.82) is 0 Å². The van der Waals surface area contributed by atoms with Crippen LogP contribution in [0.3, 0.4) is 0 Å². The zero-order valence-electron chi connectivity index (χ0n) is 10.2. The SMILES string of the molecule is CC[C@@H](O)c1ccc(N(C)C2CCC2)cc1. The minimum Gasteiger partial charge on any atom is -0.388 e. The van der Waals surface area contributed by atoms with Gasteiger partial charge in [-0.1, -0.05) is 19.1 Å². The van der Waals surface area contributed by atoms with E-state index in [0.29, 0.717) is 0 Å². The van der Waals surface area contributed by atoms with Crippen LogP contribution in [0.25, 0.3) is 0 Å². The van der Waals surface area contributed by atoms with Crippen LogP contribution in [-0.4, -0.2) is 18.2 Å². The van der Waals surface area contributed by atoms with E-state index in [2.05, 4.69) is 24.1 Å². The molecule has 0 spiro atoms. The van der Waals surface area contributed by atoms with Crippen LogP contribution in [0.2, 0.25) is 0 Å². The van der Waals surface area contributed by atoms with Crippen LogP contribution in [-0.2, 0) is 0 Å². The van der Waals surface area contributed by atoms with Crippen molar-refractivity contribution in [2.75, 3.05) is 11.9 Å². The molecule has 0 saturated heterocycles. The highest BCUT2D eigenvalue weighted by Crippen LogP contribution is 2.29. The largest absolute Gasteiger partial charge is 0.388 e. The molecule has 1 aromatic carbocycles. The second kappa shape index (κ2) is 4.88. The third-order valence-corrected chi connectivity index (χ3v) is 3.69. The first-order valence-electron chi connectivity index (χ1n) is 6.23. The van der Waals surface area contributed by atoms with Crippen LogP contribution >= 0.6 is 0 Å². The van der Waals surface area contributed by atoms with Crippen LogP contribution in [0.1, 0.15) is 44.3 Å². The number of aliphatic hydroxyl groups is 1. The molecule has 1 N–H and O–H groups in total. The zero-order valence-corrected chi connectivity index (χ0v) is 10.2. The Bertz CT molecular complexity index is 329. The van der Waals surface area contributed by atoms with Gasteiger partial charge in [0.2, 0.25) is 0 Å². The van der Waals surface area contributed by atoms with Gasteiger partial charge in [-0.15, -0.1) is 0 Å². The van der Waals surface area contributed by atoms with Crippen molar-refractivity contribution in [3.05, 3.63) is 29.8 Å². The van der Waals surface area contributed by atoms with E-state index in [1.54, 1.807) is 0 Å². The number of hydrogen-bond donors (Lipinski definition) is 1. The van der Waals surface area contributed by atoms with Crippen LogP contribution in [0.5, 0.6) is 0 Å². The molecule has 0 unspecified atom stereocenters. The van der Waals surface area contributed by atoms with E-state index in [9.17, 15) is 5.11 Å². The summed E-state index contributed by atoms with van der Waals surface area (Å²) in [6, 6.07) is 9.04.